The zero-order chi connectivity index (χ0) is 21.1. The Morgan fingerprint density at radius 2 is 2.00 bits per heavy atom. The van der Waals surface area contributed by atoms with Crippen LogP contribution in [0.4, 0.5) is 0 Å². The van der Waals surface area contributed by atoms with E-state index < -0.39 is 5.91 Å². The van der Waals surface area contributed by atoms with E-state index in [1.165, 1.54) is 18.4 Å². The van der Waals surface area contributed by atoms with Gasteiger partial charge in [0.2, 0.25) is 0 Å². The van der Waals surface area contributed by atoms with Crippen LogP contribution in [0.15, 0.2) is 46.4 Å². The Bertz CT molecular complexity index is 1090. The average molecular weight is 423 g/mol. The van der Waals surface area contributed by atoms with Crippen molar-refractivity contribution in [2.24, 2.45) is 0 Å². The van der Waals surface area contributed by atoms with Gasteiger partial charge in [0.05, 0.1) is 28.9 Å². The molecule has 3 aromatic rings. The first-order valence-electron chi connectivity index (χ1n) is 9.75. The van der Waals surface area contributed by atoms with E-state index in [-0.39, 0.29) is 23.9 Å². The minimum absolute atomic E-state index is 0.0689. The quantitative estimate of drug-likeness (QED) is 0.441. The molecule has 3 heterocycles. The van der Waals surface area contributed by atoms with Gasteiger partial charge in [-0.05, 0) is 56.5 Å². The van der Waals surface area contributed by atoms with Crippen molar-refractivity contribution in [3.8, 4) is 0 Å². The maximum absolute atomic E-state index is 12.7. The number of carbonyl (C=O) groups is 3. The Morgan fingerprint density at radius 3 is 2.73 bits per heavy atom. The van der Waals surface area contributed by atoms with Crippen molar-refractivity contribution in [3.63, 3.8) is 0 Å². The Balaban J connectivity index is 1.33. The third-order valence-electron chi connectivity index (χ3n) is 4.90. The third-order valence-corrected chi connectivity index (χ3v) is 5.92. The summed E-state index contributed by atoms with van der Waals surface area (Å²) in [6.07, 6.45) is 4.17. The first-order valence-corrected chi connectivity index (χ1v) is 10.6. The number of amides is 3. The van der Waals surface area contributed by atoms with Crippen LogP contribution < -0.4 is 5.32 Å². The second-order valence-electron chi connectivity index (χ2n) is 7.13. The number of fused-ring (bicyclic) bond motifs is 1. The van der Waals surface area contributed by atoms with Crippen molar-refractivity contribution in [2.75, 3.05) is 6.54 Å². The van der Waals surface area contributed by atoms with Crippen LogP contribution in [-0.2, 0) is 13.0 Å². The number of furan rings is 1. The average Bonchev–Trinajstić information content (AvgIpc) is 3.46. The molecular formula is C22H21N3O4S. The van der Waals surface area contributed by atoms with Gasteiger partial charge in [-0.3, -0.25) is 19.3 Å². The first-order chi connectivity index (χ1) is 14.5. The SMILES string of the molecule is Cc1csc(CCCCNC(=O)c2ccc3c(c2)C(=O)N(Cc2ccco2)C3=O)n1. The van der Waals surface area contributed by atoms with Gasteiger partial charge >= 0.3 is 0 Å². The minimum atomic E-state index is -0.417. The summed E-state index contributed by atoms with van der Waals surface area (Å²) in [6, 6.07) is 8.02. The molecule has 0 unspecified atom stereocenters. The molecule has 0 bridgehead atoms. The number of imide groups is 1. The van der Waals surface area contributed by atoms with Gasteiger partial charge in [-0.1, -0.05) is 0 Å². The van der Waals surface area contributed by atoms with Crippen molar-refractivity contribution >= 4 is 29.1 Å². The third kappa shape index (κ3) is 4.18. The minimum Gasteiger partial charge on any atom is -0.467 e. The number of nitrogens with one attached hydrogen (secondary N) is 1. The molecule has 7 nitrogen and oxygen atoms in total. The maximum atomic E-state index is 12.7. The molecule has 3 amide bonds. The van der Waals surface area contributed by atoms with Gasteiger partial charge in [-0.25, -0.2) is 4.98 Å². The van der Waals surface area contributed by atoms with E-state index in [1.807, 2.05) is 12.3 Å². The molecular weight excluding hydrogens is 402 g/mol. The molecule has 30 heavy (non-hydrogen) atoms. The zero-order valence-electron chi connectivity index (χ0n) is 16.5. The number of aryl methyl sites for hydroxylation is 2. The molecule has 0 spiro atoms. The zero-order valence-corrected chi connectivity index (χ0v) is 17.3. The van der Waals surface area contributed by atoms with Crippen LogP contribution in [0, 0.1) is 6.92 Å². The van der Waals surface area contributed by atoms with Gasteiger partial charge in [-0.2, -0.15) is 0 Å². The van der Waals surface area contributed by atoms with Gasteiger partial charge in [0.1, 0.15) is 5.76 Å². The number of benzene rings is 1. The number of hydrogen-bond donors (Lipinski definition) is 1. The van der Waals surface area contributed by atoms with Crippen LogP contribution in [0.1, 0.15) is 60.4 Å². The summed E-state index contributed by atoms with van der Waals surface area (Å²) in [5, 5.41) is 6.02. The van der Waals surface area contributed by atoms with Crippen molar-refractivity contribution in [1.29, 1.82) is 0 Å². The van der Waals surface area contributed by atoms with Crippen LogP contribution in [-0.4, -0.2) is 34.2 Å². The largest absolute Gasteiger partial charge is 0.467 e. The monoisotopic (exact) mass is 423 g/mol. The molecule has 8 heteroatoms. The molecule has 1 aromatic carbocycles. The van der Waals surface area contributed by atoms with Gasteiger partial charge in [-0.15, -0.1) is 11.3 Å². The molecule has 1 aliphatic heterocycles. The standard InChI is InChI=1S/C22H21N3O4S/c1-14-13-30-19(24-14)6-2-3-9-23-20(26)15-7-8-17-18(11-15)22(28)25(21(17)27)12-16-5-4-10-29-16/h4-5,7-8,10-11,13H,2-3,6,9,12H2,1H3,(H,23,26). The lowest BCUT2D eigenvalue weighted by Gasteiger charge is -2.11. The number of rotatable bonds is 8. The first kappa shape index (κ1) is 20.0. The highest BCUT2D eigenvalue weighted by atomic mass is 32.1. The fraction of sp³-hybridized carbons (Fsp3) is 0.273. The van der Waals surface area contributed by atoms with Crippen LogP contribution in [0.2, 0.25) is 0 Å². The molecule has 0 radical (unpaired) electrons. The van der Waals surface area contributed by atoms with Crippen LogP contribution in [0.25, 0.3) is 0 Å². The molecule has 1 N–H and O–H groups in total. The summed E-state index contributed by atoms with van der Waals surface area (Å²) in [6.45, 7) is 2.59. The Hall–Kier alpha value is -3.26. The van der Waals surface area contributed by atoms with Gasteiger partial charge in [0.25, 0.3) is 17.7 Å². The summed E-state index contributed by atoms with van der Waals surface area (Å²) in [5.41, 5.74) is 1.96. The molecule has 0 aliphatic carbocycles. The second-order valence-corrected chi connectivity index (χ2v) is 8.07. The molecule has 154 valence electrons. The van der Waals surface area contributed by atoms with Crippen molar-refractivity contribution in [1.82, 2.24) is 15.2 Å². The molecule has 0 fully saturated rings. The number of thiazole rings is 1. The lowest BCUT2D eigenvalue weighted by Crippen LogP contribution is -2.28. The van der Waals surface area contributed by atoms with Gasteiger partial charge in [0.15, 0.2) is 0 Å². The van der Waals surface area contributed by atoms with E-state index in [0.29, 0.717) is 23.4 Å². The topological polar surface area (TPSA) is 92.5 Å². The number of unbranched alkanes of at least 4 members (excludes halogenated alkanes) is 1. The Morgan fingerprint density at radius 1 is 1.17 bits per heavy atom. The molecule has 0 atom stereocenters. The molecule has 0 saturated carbocycles. The van der Waals surface area contributed by atoms with Crippen molar-refractivity contribution in [2.45, 2.75) is 32.7 Å². The Kier molecular flexibility index (Phi) is 5.76. The molecule has 4 rings (SSSR count). The number of nitrogens with zero attached hydrogens (tertiary/aromatic N) is 2. The van der Waals surface area contributed by atoms with Crippen molar-refractivity contribution < 1.29 is 18.8 Å². The predicted molar refractivity (Wildman–Crippen MR) is 111 cm³/mol. The van der Waals surface area contributed by atoms with Crippen LogP contribution in [0.5, 0.6) is 0 Å². The van der Waals surface area contributed by atoms with Crippen molar-refractivity contribution in [3.05, 3.63) is 75.1 Å². The smallest absolute Gasteiger partial charge is 0.261 e. The number of aromatic nitrogens is 1. The fourth-order valence-electron chi connectivity index (χ4n) is 3.36. The van der Waals surface area contributed by atoms with Gasteiger partial charge < -0.3 is 9.73 Å². The summed E-state index contributed by atoms with van der Waals surface area (Å²) in [5.74, 6) is -0.529. The number of hydrogen-bond acceptors (Lipinski definition) is 6. The maximum Gasteiger partial charge on any atom is 0.261 e. The van der Waals surface area contributed by atoms with E-state index in [2.05, 4.69) is 10.3 Å². The predicted octanol–water partition coefficient (Wildman–Crippen LogP) is 3.59. The van der Waals surface area contributed by atoms with E-state index in [4.69, 9.17) is 4.42 Å². The summed E-state index contributed by atoms with van der Waals surface area (Å²) >= 11 is 1.66. The summed E-state index contributed by atoms with van der Waals surface area (Å²) in [4.78, 5) is 43.2. The normalized spacial score (nSPS) is 13.0. The molecule has 0 saturated heterocycles. The van der Waals surface area contributed by atoms with E-state index in [1.54, 1.807) is 29.5 Å². The van der Waals surface area contributed by atoms with Crippen LogP contribution >= 0.6 is 11.3 Å². The second kappa shape index (κ2) is 8.62. The fourth-order valence-corrected chi connectivity index (χ4v) is 4.17. The van der Waals surface area contributed by atoms with E-state index in [9.17, 15) is 14.4 Å². The van der Waals surface area contributed by atoms with E-state index in [0.717, 1.165) is 34.9 Å². The molecule has 2 aromatic heterocycles. The molecule has 1 aliphatic rings. The van der Waals surface area contributed by atoms with E-state index >= 15 is 0 Å². The highest BCUT2D eigenvalue weighted by Crippen LogP contribution is 2.25. The number of carbonyl (C=O) groups excluding carboxylic acids is 3. The lowest BCUT2D eigenvalue weighted by atomic mass is 10.1. The lowest BCUT2D eigenvalue weighted by molar-refractivity contribution is 0.0631. The van der Waals surface area contributed by atoms with Crippen LogP contribution in [0.3, 0.4) is 0 Å². The highest BCUT2D eigenvalue weighted by Gasteiger charge is 2.36. The van der Waals surface area contributed by atoms with Gasteiger partial charge in [0, 0.05) is 23.2 Å². The Labute approximate surface area is 177 Å². The summed E-state index contributed by atoms with van der Waals surface area (Å²) in [7, 11) is 0. The summed E-state index contributed by atoms with van der Waals surface area (Å²) < 4.78 is 5.23. The highest BCUT2D eigenvalue weighted by molar-refractivity contribution is 7.09.